The Bertz CT molecular complexity index is 196. The Morgan fingerprint density at radius 3 is 2.64 bits per heavy atom. The third kappa shape index (κ3) is 1.37. The molecule has 0 aromatic rings. The van der Waals surface area contributed by atoms with E-state index in [1.807, 2.05) is 18.1 Å². The molecule has 11 heavy (non-hydrogen) atoms. The van der Waals surface area contributed by atoms with E-state index in [9.17, 15) is 0 Å². The molecule has 0 saturated heterocycles. The molecule has 62 valence electrons. The fourth-order valence-electron chi connectivity index (χ4n) is 1.12. The molecular weight excluding hydrogens is 138 g/mol. The third-order valence-electron chi connectivity index (χ3n) is 2.18. The largest absolute Gasteiger partial charge is 0.403 e. The minimum atomic E-state index is 0.440. The van der Waals surface area contributed by atoms with Crippen molar-refractivity contribution < 1.29 is 0 Å². The van der Waals surface area contributed by atoms with Crippen molar-refractivity contribution in [3.8, 4) is 0 Å². The number of allylic oxidation sites excluding steroid dienone is 1. The van der Waals surface area contributed by atoms with E-state index in [0.717, 1.165) is 5.70 Å². The van der Waals surface area contributed by atoms with Gasteiger partial charge >= 0.3 is 0 Å². The van der Waals surface area contributed by atoms with E-state index in [1.54, 1.807) is 6.20 Å². The Labute approximate surface area is 67.6 Å². The molecule has 0 bridgehead atoms. The SMILES string of the molecule is C/C(=C/N)N1N=C[C@@H](C)C1C. The summed E-state index contributed by atoms with van der Waals surface area (Å²) in [6, 6.07) is 0.440. The first-order valence-corrected chi connectivity index (χ1v) is 3.88. The maximum atomic E-state index is 5.38. The van der Waals surface area contributed by atoms with Crippen molar-refractivity contribution in [3.63, 3.8) is 0 Å². The molecule has 0 radical (unpaired) electrons. The first-order valence-electron chi connectivity index (χ1n) is 3.88. The Kier molecular flexibility index (Phi) is 2.17. The topological polar surface area (TPSA) is 41.6 Å². The molecule has 0 aliphatic carbocycles. The van der Waals surface area contributed by atoms with E-state index in [0.29, 0.717) is 12.0 Å². The molecule has 2 atom stereocenters. The average Bonchev–Trinajstić information content (AvgIpc) is 2.32. The summed E-state index contributed by atoms with van der Waals surface area (Å²) in [6.45, 7) is 6.26. The third-order valence-corrected chi connectivity index (χ3v) is 2.18. The summed E-state index contributed by atoms with van der Waals surface area (Å²) in [4.78, 5) is 0. The van der Waals surface area contributed by atoms with E-state index >= 15 is 0 Å². The Hall–Kier alpha value is -0.990. The van der Waals surface area contributed by atoms with Gasteiger partial charge < -0.3 is 5.73 Å². The van der Waals surface area contributed by atoms with Crippen LogP contribution < -0.4 is 5.73 Å². The van der Waals surface area contributed by atoms with Crippen LogP contribution in [0.1, 0.15) is 20.8 Å². The molecule has 0 aromatic carbocycles. The summed E-state index contributed by atoms with van der Waals surface area (Å²) in [7, 11) is 0. The molecule has 0 saturated carbocycles. The predicted molar refractivity (Wildman–Crippen MR) is 46.9 cm³/mol. The minimum Gasteiger partial charge on any atom is -0.403 e. The minimum absolute atomic E-state index is 0.440. The van der Waals surface area contributed by atoms with E-state index < -0.39 is 0 Å². The molecule has 2 N–H and O–H groups in total. The Balaban J connectivity index is 2.70. The van der Waals surface area contributed by atoms with Crippen LogP contribution in [0, 0.1) is 5.92 Å². The van der Waals surface area contributed by atoms with Gasteiger partial charge in [0, 0.05) is 24.0 Å². The lowest BCUT2D eigenvalue weighted by molar-refractivity contribution is 0.281. The van der Waals surface area contributed by atoms with Crippen molar-refractivity contribution in [3.05, 3.63) is 11.9 Å². The first kappa shape index (κ1) is 8.11. The van der Waals surface area contributed by atoms with Crippen LogP contribution in [0.15, 0.2) is 17.0 Å². The van der Waals surface area contributed by atoms with Gasteiger partial charge in [0.25, 0.3) is 0 Å². The van der Waals surface area contributed by atoms with Crippen molar-refractivity contribution in [2.24, 2.45) is 16.8 Å². The summed E-state index contributed by atoms with van der Waals surface area (Å²) >= 11 is 0. The number of hydrogen-bond donors (Lipinski definition) is 1. The Morgan fingerprint density at radius 2 is 2.27 bits per heavy atom. The fourth-order valence-corrected chi connectivity index (χ4v) is 1.12. The van der Waals surface area contributed by atoms with Crippen molar-refractivity contribution >= 4 is 6.21 Å². The van der Waals surface area contributed by atoms with Gasteiger partial charge in [0.15, 0.2) is 0 Å². The second-order valence-corrected chi connectivity index (χ2v) is 3.02. The number of hydrogen-bond acceptors (Lipinski definition) is 3. The van der Waals surface area contributed by atoms with Gasteiger partial charge in [-0.05, 0) is 13.8 Å². The zero-order valence-corrected chi connectivity index (χ0v) is 7.28. The smallest absolute Gasteiger partial charge is 0.0570 e. The fraction of sp³-hybridized carbons (Fsp3) is 0.625. The summed E-state index contributed by atoms with van der Waals surface area (Å²) in [6.07, 6.45) is 3.55. The Morgan fingerprint density at radius 1 is 1.64 bits per heavy atom. The summed E-state index contributed by atoms with van der Waals surface area (Å²) < 4.78 is 0. The molecule has 3 nitrogen and oxygen atoms in total. The zero-order chi connectivity index (χ0) is 8.43. The first-order chi connectivity index (χ1) is 5.16. The van der Waals surface area contributed by atoms with Gasteiger partial charge in [-0.15, -0.1) is 0 Å². The lowest BCUT2D eigenvalue weighted by Crippen LogP contribution is -2.26. The zero-order valence-electron chi connectivity index (χ0n) is 7.28. The van der Waals surface area contributed by atoms with Crippen molar-refractivity contribution in [1.29, 1.82) is 0 Å². The molecule has 0 amide bonds. The standard InChI is InChI=1S/C8H15N3/c1-6-5-10-11(8(6)3)7(2)4-9/h4-6,8H,9H2,1-3H3/b7-4-/t6-,8?/m1/s1. The summed E-state index contributed by atoms with van der Waals surface area (Å²) in [5, 5.41) is 6.18. The van der Waals surface area contributed by atoms with Crippen molar-refractivity contribution in [2.45, 2.75) is 26.8 Å². The van der Waals surface area contributed by atoms with E-state index in [1.165, 1.54) is 0 Å². The van der Waals surface area contributed by atoms with E-state index in [2.05, 4.69) is 18.9 Å². The van der Waals surface area contributed by atoms with Crippen molar-refractivity contribution in [2.75, 3.05) is 0 Å². The van der Waals surface area contributed by atoms with Gasteiger partial charge in [-0.1, -0.05) is 6.92 Å². The number of hydrazone groups is 1. The normalized spacial score (nSPS) is 31.5. The molecule has 1 aliphatic heterocycles. The molecule has 1 unspecified atom stereocenters. The molecule has 0 aromatic heterocycles. The monoisotopic (exact) mass is 153 g/mol. The highest BCUT2D eigenvalue weighted by Gasteiger charge is 2.23. The molecule has 1 heterocycles. The second-order valence-electron chi connectivity index (χ2n) is 3.02. The summed E-state index contributed by atoms with van der Waals surface area (Å²) in [5.41, 5.74) is 6.39. The molecule has 3 heteroatoms. The maximum Gasteiger partial charge on any atom is 0.0570 e. The highest BCUT2D eigenvalue weighted by molar-refractivity contribution is 5.63. The van der Waals surface area contributed by atoms with Crippen LogP contribution in [0.25, 0.3) is 0 Å². The van der Waals surface area contributed by atoms with Gasteiger partial charge in [-0.2, -0.15) is 5.10 Å². The van der Waals surface area contributed by atoms with Crippen LogP contribution in [-0.2, 0) is 0 Å². The van der Waals surface area contributed by atoms with E-state index in [-0.39, 0.29) is 0 Å². The number of rotatable bonds is 1. The van der Waals surface area contributed by atoms with Crippen LogP contribution in [0.3, 0.4) is 0 Å². The number of nitrogens with two attached hydrogens (primary N) is 1. The molecule has 1 rings (SSSR count). The lowest BCUT2D eigenvalue weighted by atomic mass is 10.1. The van der Waals surface area contributed by atoms with Gasteiger partial charge in [0.05, 0.1) is 6.04 Å². The van der Waals surface area contributed by atoms with Crippen LogP contribution in [-0.4, -0.2) is 17.3 Å². The second kappa shape index (κ2) is 2.95. The van der Waals surface area contributed by atoms with Gasteiger partial charge in [-0.25, -0.2) is 0 Å². The molecule has 0 fully saturated rings. The van der Waals surface area contributed by atoms with Gasteiger partial charge in [0.1, 0.15) is 0 Å². The highest BCUT2D eigenvalue weighted by Crippen LogP contribution is 2.20. The predicted octanol–water partition coefficient (Wildman–Crippen LogP) is 1.13. The number of nitrogens with zero attached hydrogens (tertiary/aromatic N) is 2. The van der Waals surface area contributed by atoms with Gasteiger partial charge in [0.2, 0.25) is 0 Å². The maximum absolute atomic E-state index is 5.38. The van der Waals surface area contributed by atoms with Crippen LogP contribution in [0.4, 0.5) is 0 Å². The van der Waals surface area contributed by atoms with Crippen LogP contribution in [0.5, 0.6) is 0 Å². The molecule has 0 spiro atoms. The van der Waals surface area contributed by atoms with E-state index in [4.69, 9.17) is 5.73 Å². The average molecular weight is 153 g/mol. The molecular formula is C8H15N3. The van der Waals surface area contributed by atoms with Crippen LogP contribution in [0.2, 0.25) is 0 Å². The molecule has 1 aliphatic rings. The highest BCUT2D eigenvalue weighted by atomic mass is 15.5. The lowest BCUT2D eigenvalue weighted by Gasteiger charge is -2.22. The quantitative estimate of drug-likeness (QED) is 0.613. The van der Waals surface area contributed by atoms with Crippen molar-refractivity contribution in [1.82, 2.24) is 5.01 Å². The summed E-state index contributed by atoms with van der Waals surface area (Å²) in [5.74, 6) is 0.518. The van der Waals surface area contributed by atoms with Gasteiger partial charge in [-0.3, -0.25) is 5.01 Å². The van der Waals surface area contributed by atoms with Crippen LogP contribution >= 0.6 is 0 Å².